The lowest BCUT2D eigenvalue weighted by atomic mass is 10.3. The summed E-state index contributed by atoms with van der Waals surface area (Å²) in [6.45, 7) is 0. The Morgan fingerprint density at radius 2 is 2.20 bits per heavy atom. The summed E-state index contributed by atoms with van der Waals surface area (Å²) in [6, 6.07) is 6.60. The summed E-state index contributed by atoms with van der Waals surface area (Å²) < 4.78 is 32.0. The molecule has 0 radical (unpaired) electrons. The summed E-state index contributed by atoms with van der Waals surface area (Å²) in [5, 5.41) is 5.50. The van der Waals surface area contributed by atoms with Crippen LogP contribution >= 0.6 is 15.9 Å². The molecule has 0 bridgehead atoms. The van der Waals surface area contributed by atoms with Crippen molar-refractivity contribution in [2.45, 2.75) is 5.03 Å². The van der Waals surface area contributed by atoms with Gasteiger partial charge < -0.3 is 4.74 Å². The van der Waals surface area contributed by atoms with Crippen LogP contribution in [-0.2, 0) is 14.8 Å². The number of carbonyl (C=O) groups is 1. The predicted octanol–water partition coefficient (Wildman–Crippen LogP) is 1.76. The Kier molecular flexibility index (Phi) is 4.09. The quantitative estimate of drug-likeness (QED) is 0.809. The van der Waals surface area contributed by atoms with Gasteiger partial charge in [-0.25, -0.2) is 4.79 Å². The number of anilines is 1. The van der Waals surface area contributed by atoms with E-state index in [1.54, 1.807) is 24.3 Å². The van der Waals surface area contributed by atoms with Crippen LogP contribution in [0.3, 0.4) is 0 Å². The molecular formula is C11H10BrN3O4S. The van der Waals surface area contributed by atoms with E-state index in [4.69, 9.17) is 0 Å². The fraction of sp³-hybridized carbons (Fsp3) is 0.0909. The van der Waals surface area contributed by atoms with Crippen molar-refractivity contribution in [3.63, 3.8) is 0 Å². The number of esters is 1. The molecule has 0 unspecified atom stereocenters. The van der Waals surface area contributed by atoms with E-state index in [9.17, 15) is 13.2 Å². The monoisotopic (exact) mass is 359 g/mol. The lowest BCUT2D eigenvalue weighted by Crippen LogP contribution is -2.17. The molecule has 2 aromatic rings. The number of rotatable bonds is 4. The Hall–Kier alpha value is -1.87. The minimum Gasteiger partial charge on any atom is -0.465 e. The van der Waals surface area contributed by atoms with Crippen molar-refractivity contribution in [2.24, 2.45) is 0 Å². The summed E-state index contributed by atoms with van der Waals surface area (Å²) in [6.07, 6.45) is 1.10. The van der Waals surface area contributed by atoms with Gasteiger partial charge in [-0.15, -0.1) is 0 Å². The maximum absolute atomic E-state index is 12.2. The van der Waals surface area contributed by atoms with Crippen LogP contribution in [0.1, 0.15) is 10.4 Å². The Bertz CT molecular complexity index is 742. The van der Waals surface area contributed by atoms with Gasteiger partial charge in [0.25, 0.3) is 10.0 Å². The van der Waals surface area contributed by atoms with Crippen molar-refractivity contribution in [1.82, 2.24) is 10.2 Å². The van der Waals surface area contributed by atoms with Gasteiger partial charge in [-0.05, 0) is 18.2 Å². The smallest absolute Gasteiger partial charge is 0.342 e. The molecule has 0 saturated heterocycles. The van der Waals surface area contributed by atoms with E-state index in [1.165, 1.54) is 0 Å². The molecule has 2 rings (SSSR count). The van der Waals surface area contributed by atoms with Crippen LogP contribution in [0.5, 0.6) is 0 Å². The molecule has 0 aliphatic rings. The third-order valence-electron chi connectivity index (χ3n) is 2.36. The maximum Gasteiger partial charge on any atom is 0.342 e. The van der Waals surface area contributed by atoms with E-state index in [0.29, 0.717) is 5.69 Å². The van der Waals surface area contributed by atoms with Crippen LogP contribution in [0, 0.1) is 0 Å². The summed E-state index contributed by atoms with van der Waals surface area (Å²) in [7, 11) is -2.80. The number of hydrogen-bond donors (Lipinski definition) is 2. The largest absolute Gasteiger partial charge is 0.465 e. The molecule has 0 aliphatic heterocycles. The first kappa shape index (κ1) is 14.5. The first-order chi connectivity index (χ1) is 9.44. The second-order valence-electron chi connectivity index (χ2n) is 3.72. The molecule has 0 atom stereocenters. The van der Waals surface area contributed by atoms with Gasteiger partial charge in [0.15, 0.2) is 5.03 Å². The Morgan fingerprint density at radius 1 is 1.45 bits per heavy atom. The molecule has 1 heterocycles. The molecule has 106 valence electrons. The van der Waals surface area contributed by atoms with Gasteiger partial charge in [0.2, 0.25) is 0 Å². The SMILES string of the molecule is COC(=O)c1cn[nH]c1S(=O)(=O)Nc1cccc(Br)c1. The molecule has 1 aromatic carbocycles. The Balaban J connectivity index is 2.36. The molecule has 1 aromatic heterocycles. The number of sulfonamides is 1. The van der Waals surface area contributed by atoms with Crippen molar-refractivity contribution >= 4 is 37.6 Å². The second-order valence-corrected chi connectivity index (χ2v) is 6.26. The number of halogens is 1. The van der Waals surface area contributed by atoms with Gasteiger partial charge in [-0.2, -0.15) is 13.5 Å². The topological polar surface area (TPSA) is 101 Å². The summed E-state index contributed by atoms with van der Waals surface area (Å²) >= 11 is 3.24. The number of carbonyl (C=O) groups excluding carboxylic acids is 1. The Morgan fingerprint density at radius 3 is 2.85 bits per heavy atom. The molecule has 0 fully saturated rings. The molecule has 0 spiro atoms. The van der Waals surface area contributed by atoms with Crippen LogP contribution in [0.15, 0.2) is 40.0 Å². The van der Waals surface area contributed by atoms with Crippen molar-refractivity contribution in [2.75, 3.05) is 11.8 Å². The number of aromatic nitrogens is 2. The number of nitrogens with zero attached hydrogens (tertiary/aromatic N) is 1. The zero-order valence-corrected chi connectivity index (χ0v) is 12.7. The van der Waals surface area contributed by atoms with Crippen LogP contribution in [-0.4, -0.2) is 31.7 Å². The molecule has 2 N–H and O–H groups in total. The number of nitrogens with one attached hydrogen (secondary N) is 2. The average molecular weight is 360 g/mol. The van der Waals surface area contributed by atoms with Crippen LogP contribution in [0.25, 0.3) is 0 Å². The molecule has 20 heavy (non-hydrogen) atoms. The molecule has 7 nitrogen and oxygen atoms in total. The van der Waals surface area contributed by atoms with Gasteiger partial charge >= 0.3 is 5.97 Å². The number of hydrogen-bond acceptors (Lipinski definition) is 5. The summed E-state index contributed by atoms with van der Waals surface area (Å²) in [5.74, 6) is -0.784. The first-order valence-corrected chi connectivity index (χ1v) is 7.62. The van der Waals surface area contributed by atoms with Crippen LogP contribution in [0.2, 0.25) is 0 Å². The third-order valence-corrected chi connectivity index (χ3v) is 4.20. The van der Waals surface area contributed by atoms with Gasteiger partial charge in [0, 0.05) is 10.2 Å². The number of methoxy groups -OCH3 is 1. The fourth-order valence-electron chi connectivity index (χ4n) is 1.49. The van der Waals surface area contributed by atoms with Gasteiger partial charge in [0.1, 0.15) is 5.56 Å². The molecular weight excluding hydrogens is 350 g/mol. The van der Waals surface area contributed by atoms with E-state index < -0.39 is 16.0 Å². The van der Waals surface area contributed by atoms with Crippen LogP contribution in [0.4, 0.5) is 5.69 Å². The summed E-state index contributed by atoms with van der Waals surface area (Å²) in [4.78, 5) is 11.5. The van der Waals surface area contributed by atoms with Crippen LogP contribution < -0.4 is 4.72 Å². The minimum atomic E-state index is -3.96. The van der Waals surface area contributed by atoms with Gasteiger partial charge in [-0.1, -0.05) is 22.0 Å². The van der Waals surface area contributed by atoms with E-state index in [2.05, 4.69) is 35.6 Å². The number of H-pyrrole nitrogens is 1. The third kappa shape index (κ3) is 2.99. The minimum absolute atomic E-state index is 0.157. The maximum atomic E-state index is 12.2. The van der Waals surface area contributed by atoms with Crippen molar-refractivity contribution < 1.29 is 17.9 Å². The number of benzene rings is 1. The molecule has 0 saturated carbocycles. The molecule has 9 heteroatoms. The van der Waals surface area contributed by atoms with Crippen molar-refractivity contribution in [3.05, 3.63) is 40.5 Å². The van der Waals surface area contributed by atoms with Crippen molar-refractivity contribution in [3.8, 4) is 0 Å². The van der Waals surface area contributed by atoms with E-state index in [-0.39, 0.29) is 10.6 Å². The lowest BCUT2D eigenvalue weighted by Gasteiger charge is -2.07. The fourth-order valence-corrected chi connectivity index (χ4v) is 3.03. The highest BCUT2D eigenvalue weighted by Crippen LogP contribution is 2.20. The van der Waals surface area contributed by atoms with E-state index in [0.717, 1.165) is 17.8 Å². The average Bonchev–Trinajstić information content (AvgIpc) is 2.87. The van der Waals surface area contributed by atoms with Crippen molar-refractivity contribution in [1.29, 1.82) is 0 Å². The highest BCUT2D eigenvalue weighted by molar-refractivity contribution is 9.10. The van der Waals surface area contributed by atoms with Gasteiger partial charge in [-0.3, -0.25) is 9.82 Å². The van der Waals surface area contributed by atoms with E-state index in [1.807, 2.05) is 0 Å². The lowest BCUT2D eigenvalue weighted by molar-refractivity contribution is 0.0596. The molecule has 0 amide bonds. The summed E-state index contributed by atoms with van der Waals surface area (Å²) in [5.41, 5.74) is 0.194. The Labute approximate surface area is 123 Å². The normalized spacial score (nSPS) is 11.1. The number of ether oxygens (including phenoxy) is 1. The van der Waals surface area contributed by atoms with E-state index >= 15 is 0 Å². The highest BCUT2D eigenvalue weighted by atomic mass is 79.9. The highest BCUT2D eigenvalue weighted by Gasteiger charge is 2.25. The zero-order valence-electron chi connectivity index (χ0n) is 10.3. The standard InChI is InChI=1S/C11H10BrN3O4S/c1-19-11(16)9-6-13-14-10(9)20(17,18)15-8-4-2-3-7(12)5-8/h2-6,15H,1H3,(H,13,14). The zero-order chi connectivity index (χ0) is 14.8. The first-order valence-electron chi connectivity index (χ1n) is 5.34. The predicted molar refractivity (Wildman–Crippen MR) is 74.9 cm³/mol. The van der Waals surface area contributed by atoms with Gasteiger partial charge in [0.05, 0.1) is 13.3 Å². The second kappa shape index (κ2) is 5.63. The number of aromatic amines is 1. The molecule has 0 aliphatic carbocycles.